The molecule has 2 aliphatic rings. The van der Waals surface area contributed by atoms with Gasteiger partial charge in [0.05, 0.1) is 17.9 Å². The molecule has 0 aromatic heterocycles. The largest absolute Gasteiger partial charge is 0.481 e. The van der Waals surface area contributed by atoms with Crippen LogP contribution in [-0.2, 0) is 16.0 Å². The van der Waals surface area contributed by atoms with Crippen molar-refractivity contribution in [1.29, 1.82) is 0 Å². The van der Waals surface area contributed by atoms with Crippen LogP contribution in [0.5, 0.6) is 0 Å². The van der Waals surface area contributed by atoms with Gasteiger partial charge in [0.25, 0.3) is 0 Å². The van der Waals surface area contributed by atoms with Gasteiger partial charge in [0.2, 0.25) is 5.91 Å². The summed E-state index contributed by atoms with van der Waals surface area (Å²) in [6.07, 6.45) is 6.23. The Balaban J connectivity index is 1.73. The topological polar surface area (TPSA) is 66.4 Å². The number of carbonyl (C=O) groups is 2. The van der Waals surface area contributed by atoms with E-state index < -0.39 is 11.9 Å². The zero-order valence-electron chi connectivity index (χ0n) is 12.8. The summed E-state index contributed by atoms with van der Waals surface area (Å²) in [6, 6.07) is 8.27. The van der Waals surface area contributed by atoms with E-state index in [1.807, 2.05) is 12.1 Å². The lowest BCUT2D eigenvalue weighted by molar-refractivity contribution is -0.149. The second-order valence-corrected chi connectivity index (χ2v) is 6.49. The van der Waals surface area contributed by atoms with Crippen LogP contribution in [0.25, 0.3) is 0 Å². The summed E-state index contributed by atoms with van der Waals surface area (Å²) in [5, 5.41) is 12.5. The first kappa shape index (κ1) is 15.1. The number of rotatable bonds is 3. The van der Waals surface area contributed by atoms with Crippen LogP contribution in [-0.4, -0.2) is 17.0 Å². The van der Waals surface area contributed by atoms with Crippen molar-refractivity contribution in [2.75, 3.05) is 0 Å². The molecule has 4 heteroatoms. The van der Waals surface area contributed by atoms with Gasteiger partial charge in [0, 0.05) is 0 Å². The van der Waals surface area contributed by atoms with Gasteiger partial charge < -0.3 is 10.4 Å². The van der Waals surface area contributed by atoms with E-state index in [1.54, 1.807) is 0 Å². The van der Waals surface area contributed by atoms with Crippen molar-refractivity contribution in [2.45, 2.75) is 51.0 Å². The molecule has 3 rings (SSSR count). The van der Waals surface area contributed by atoms with Gasteiger partial charge in [-0.05, 0) is 43.2 Å². The van der Waals surface area contributed by atoms with Crippen molar-refractivity contribution < 1.29 is 14.7 Å². The van der Waals surface area contributed by atoms with Gasteiger partial charge in [-0.25, -0.2) is 0 Å². The SMILES string of the molecule is O=C(O)[C@H]1CCCC[C@H]1C(=O)NC1CCCc2ccccc21. The van der Waals surface area contributed by atoms with Crippen molar-refractivity contribution >= 4 is 11.9 Å². The van der Waals surface area contributed by atoms with Crippen LogP contribution in [0.15, 0.2) is 24.3 Å². The summed E-state index contributed by atoms with van der Waals surface area (Å²) in [7, 11) is 0. The molecule has 3 atom stereocenters. The van der Waals surface area contributed by atoms with Gasteiger partial charge in [0.1, 0.15) is 0 Å². The van der Waals surface area contributed by atoms with Crippen molar-refractivity contribution in [3.05, 3.63) is 35.4 Å². The summed E-state index contributed by atoms with van der Waals surface area (Å²) in [5.74, 6) is -1.80. The number of fused-ring (bicyclic) bond motifs is 1. The summed E-state index contributed by atoms with van der Waals surface area (Å²) >= 11 is 0. The van der Waals surface area contributed by atoms with Gasteiger partial charge in [-0.1, -0.05) is 37.1 Å². The lowest BCUT2D eigenvalue weighted by atomic mass is 9.78. The third-order valence-electron chi connectivity index (χ3n) is 5.11. The standard InChI is InChI=1S/C18H23NO3/c20-17(14-9-3-4-10-15(14)18(21)22)19-16-11-5-7-12-6-1-2-8-13(12)16/h1-2,6,8,14-16H,3-5,7,9-11H2,(H,19,20)(H,21,22)/t14-,15+,16?/m1/s1. The minimum atomic E-state index is -0.830. The van der Waals surface area contributed by atoms with Crippen molar-refractivity contribution in [3.8, 4) is 0 Å². The molecule has 0 spiro atoms. The van der Waals surface area contributed by atoms with Crippen molar-refractivity contribution in [1.82, 2.24) is 5.32 Å². The van der Waals surface area contributed by atoms with Crippen LogP contribution in [0.4, 0.5) is 0 Å². The second kappa shape index (κ2) is 6.51. The zero-order valence-corrected chi connectivity index (χ0v) is 12.8. The van der Waals surface area contributed by atoms with Crippen LogP contribution >= 0.6 is 0 Å². The van der Waals surface area contributed by atoms with Gasteiger partial charge in [-0.2, -0.15) is 0 Å². The normalized spacial score (nSPS) is 27.7. The maximum absolute atomic E-state index is 12.6. The Bertz CT molecular complexity index is 569. The van der Waals surface area contributed by atoms with E-state index in [-0.39, 0.29) is 17.9 Å². The number of hydrogen-bond acceptors (Lipinski definition) is 2. The van der Waals surface area contributed by atoms with Crippen LogP contribution in [0.1, 0.15) is 55.7 Å². The number of carbonyl (C=O) groups excluding carboxylic acids is 1. The lowest BCUT2D eigenvalue weighted by Crippen LogP contribution is -2.41. The molecule has 2 aliphatic carbocycles. The number of nitrogens with one attached hydrogen (secondary N) is 1. The quantitative estimate of drug-likeness (QED) is 0.901. The Morgan fingerprint density at radius 3 is 2.50 bits per heavy atom. The molecule has 0 bridgehead atoms. The smallest absolute Gasteiger partial charge is 0.307 e. The van der Waals surface area contributed by atoms with Gasteiger partial charge in [-0.3, -0.25) is 9.59 Å². The van der Waals surface area contributed by atoms with Gasteiger partial charge in [0.15, 0.2) is 0 Å². The maximum atomic E-state index is 12.6. The lowest BCUT2D eigenvalue weighted by Gasteiger charge is -2.31. The molecule has 0 radical (unpaired) electrons. The highest BCUT2D eigenvalue weighted by molar-refractivity contribution is 5.85. The third kappa shape index (κ3) is 3.01. The average molecular weight is 301 g/mol. The van der Waals surface area contributed by atoms with Gasteiger partial charge in [-0.15, -0.1) is 0 Å². The minimum Gasteiger partial charge on any atom is -0.481 e. The summed E-state index contributed by atoms with van der Waals surface area (Å²) in [4.78, 5) is 24.0. The molecule has 0 heterocycles. The predicted molar refractivity (Wildman–Crippen MR) is 83.3 cm³/mol. The molecule has 22 heavy (non-hydrogen) atoms. The van der Waals surface area contributed by atoms with Crippen LogP contribution < -0.4 is 5.32 Å². The molecule has 1 aromatic carbocycles. The second-order valence-electron chi connectivity index (χ2n) is 6.49. The fraction of sp³-hybridized carbons (Fsp3) is 0.556. The van der Waals surface area contributed by atoms with E-state index >= 15 is 0 Å². The van der Waals surface area contributed by atoms with E-state index in [4.69, 9.17) is 0 Å². The number of carboxylic acids is 1. The first-order valence-corrected chi connectivity index (χ1v) is 8.28. The molecule has 1 fully saturated rings. The highest BCUT2D eigenvalue weighted by atomic mass is 16.4. The Morgan fingerprint density at radius 2 is 1.73 bits per heavy atom. The minimum absolute atomic E-state index is 0.0359. The number of aliphatic carboxylic acids is 1. The molecule has 1 unspecified atom stereocenters. The molecule has 1 amide bonds. The molecular formula is C18H23NO3. The molecule has 1 saturated carbocycles. The monoisotopic (exact) mass is 301 g/mol. The van der Waals surface area contributed by atoms with E-state index in [0.717, 1.165) is 32.1 Å². The Labute approximate surface area is 130 Å². The maximum Gasteiger partial charge on any atom is 0.307 e. The highest BCUT2D eigenvalue weighted by Crippen LogP contribution is 2.33. The molecular weight excluding hydrogens is 278 g/mol. The van der Waals surface area contributed by atoms with Crippen LogP contribution in [0.2, 0.25) is 0 Å². The van der Waals surface area contributed by atoms with Gasteiger partial charge >= 0.3 is 5.97 Å². The Morgan fingerprint density at radius 1 is 1.00 bits per heavy atom. The number of carboxylic acid groups (broad SMARTS) is 1. The third-order valence-corrected chi connectivity index (χ3v) is 5.11. The fourth-order valence-electron chi connectivity index (χ4n) is 3.92. The zero-order chi connectivity index (χ0) is 15.5. The Kier molecular flexibility index (Phi) is 4.46. The highest BCUT2D eigenvalue weighted by Gasteiger charge is 2.36. The first-order chi connectivity index (χ1) is 10.7. The molecule has 2 N–H and O–H groups in total. The number of amides is 1. The fourth-order valence-corrected chi connectivity index (χ4v) is 3.92. The van der Waals surface area contributed by atoms with E-state index in [1.165, 1.54) is 11.1 Å². The molecule has 118 valence electrons. The predicted octanol–water partition coefficient (Wildman–Crippen LogP) is 3.07. The summed E-state index contributed by atoms with van der Waals surface area (Å²) in [5.41, 5.74) is 2.50. The molecule has 0 saturated heterocycles. The molecule has 1 aromatic rings. The number of hydrogen-bond donors (Lipinski definition) is 2. The summed E-state index contributed by atoms with van der Waals surface area (Å²) < 4.78 is 0. The average Bonchev–Trinajstić information content (AvgIpc) is 2.55. The van der Waals surface area contributed by atoms with Crippen molar-refractivity contribution in [3.63, 3.8) is 0 Å². The van der Waals surface area contributed by atoms with E-state index in [9.17, 15) is 14.7 Å². The first-order valence-electron chi connectivity index (χ1n) is 8.28. The summed E-state index contributed by atoms with van der Waals surface area (Å²) in [6.45, 7) is 0. The van der Waals surface area contributed by atoms with E-state index in [2.05, 4.69) is 17.4 Å². The van der Waals surface area contributed by atoms with Crippen molar-refractivity contribution in [2.24, 2.45) is 11.8 Å². The molecule has 4 nitrogen and oxygen atoms in total. The number of aryl methyl sites for hydroxylation is 1. The van der Waals surface area contributed by atoms with Crippen LogP contribution in [0.3, 0.4) is 0 Å². The Hall–Kier alpha value is -1.84. The van der Waals surface area contributed by atoms with Crippen LogP contribution in [0, 0.1) is 11.8 Å². The number of benzene rings is 1. The molecule has 0 aliphatic heterocycles. The van der Waals surface area contributed by atoms with E-state index in [0.29, 0.717) is 12.8 Å².